The number of nitrogens with zero attached hydrogens (tertiary/aromatic N) is 1. The molecule has 5 nitrogen and oxygen atoms in total. The second kappa shape index (κ2) is 9.82. The average Bonchev–Trinajstić information content (AvgIpc) is 2.65. The van der Waals surface area contributed by atoms with Crippen LogP contribution in [-0.4, -0.2) is 30.8 Å². The molecular weight excluding hydrogens is 326 g/mol. The summed E-state index contributed by atoms with van der Waals surface area (Å²) < 4.78 is 5.53. The first-order valence-electron chi connectivity index (χ1n) is 9.07. The van der Waals surface area contributed by atoms with Gasteiger partial charge >= 0.3 is 0 Å². The minimum absolute atomic E-state index is 0.363. The highest BCUT2D eigenvalue weighted by Gasteiger charge is 2.22. The fourth-order valence-corrected chi connectivity index (χ4v) is 2.57. The van der Waals surface area contributed by atoms with Crippen LogP contribution in [0.25, 0.3) is 0 Å². The molecule has 0 fully saturated rings. The lowest BCUT2D eigenvalue weighted by atomic mass is 9.96. The van der Waals surface area contributed by atoms with Crippen molar-refractivity contribution >= 4 is 5.96 Å². The maximum Gasteiger partial charge on any atom is 0.191 e. The van der Waals surface area contributed by atoms with E-state index in [0.717, 1.165) is 23.4 Å². The smallest absolute Gasteiger partial charge is 0.191 e. The van der Waals surface area contributed by atoms with Gasteiger partial charge in [-0.3, -0.25) is 0 Å². The van der Waals surface area contributed by atoms with Crippen molar-refractivity contribution in [3.05, 3.63) is 65.7 Å². The molecule has 0 spiro atoms. The summed E-state index contributed by atoms with van der Waals surface area (Å²) >= 11 is 0. The van der Waals surface area contributed by atoms with E-state index in [1.807, 2.05) is 68.4 Å². The van der Waals surface area contributed by atoms with E-state index in [2.05, 4.69) is 15.6 Å². The summed E-state index contributed by atoms with van der Waals surface area (Å²) in [5, 5.41) is 17.2. The molecule has 0 saturated heterocycles. The van der Waals surface area contributed by atoms with E-state index >= 15 is 0 Å². The summed E-state index contributed by atoms with van der Waals surface area (Å²) in [6, 6.07) is 17.6. The second-order valence-corrected chi connectivity index (χ2v) is 6.27. The highest BCUT2D eigenvalue weighted by molar-refractivity contribution is 5.79. The van der Waals surface area contributed by atoms with Gasteiger partial charge in [0.05, 0.1) is 19.7 Å². The molecule has 1 unspecified atom stereocenters. The van der Waals surface area contributed by atoms with Crippen LogP contribution in [0.1, 0.15) is 31.9 Å². The highest BCUT2D eigenvalue weighted by Crippen LogP contribution is 2.19. The molecule has 2 aromatic rings. The predicted octanol–water partition coefficient (Wildman–Crippen LogP) is 3.05. The third kappa shape index (κ3) is 6.08. The lowest BCUT2D eigenvalue weighted by Crippen LogP contribution is -2.44. The number of nitrogens with one attached hydrogen (secondary N) is 2. The van der Waals surface area contributed by atoms with Crippen molar-refractivity contribution in [1.82, 2.24) is 10.6 Å². The number of rotatable bonds is 8. The van der Waals surface area contributed by atoms with E-state index in [4.69, 9.17) is 4.74 Å². The first-order chi connectivity index (χ1) is 12.5. The van der Waals surface area contributed by atoms with Crippen molar-refractivity contribution in [2.45, 2.75) is 32.9 Å². The van der Waals surface area contributed by atoms with Gasteiger partial charge in [0.25, 0.3) is 0 Å². The molecule has 0 heterocycles. The summed E-state index contributed by atoms with van der Waals surface area (Å²) in [4.78, 5) is 4.61. The van der Waals surface area contributed by atoms with E-state index < -0.39 is 5.60 Å². The SMILES string of the molecule is CCNC(=NCc1cccc(OCC)c1)NCC(C)(O)c1ccccc1. The van der Waals surface area contributed by atoms with Gasteiger partial charge in [0.15, 0.2) is 5.96 Å². The Morgan fingerprint density at radius 1 is 1.08 bits per heavy atom. The number of hydrogen-bond donors (Lipinski definition) is 3. The summed E-state index contributed by atoms with van der Waals surface area (Å²) in [5.74, 6) is 1.52. The normalized spacial score (nSPS) is 13.8. The molecule has 2 aromatic carbocycles. The van der Waals surface area contributed by atoms with Crippen molar-refractivity contribution in [3.8, 4) is 5.75 Å². The Morgan fingerprint density at radius 2 is 1.85 bits per heavy atom. The van der Waals surface area contributed by atoms with E-state index in [9.17, 15) is 5.11 Å². The molecule has 0 amide bonds. The zero-order chi connectivity index (χ0) is 18.8. The fourth-order valence-electron chi connectivity index (χ4n) is 2.57. The van der Waals surface area contributed by atoms with Crippen molar-refractivity contribution < 1.29 is 9.84 Å². The van der Waals surface area contributed by atoms with Crippen LogP contribution in [0.2, 0.25) is 0 Å². The van der Waals surface area contributed by atoms with Gasteiger partial charge in [0.2, 0.25) is 0 Å². The minimum Gasteiger partial charge on any atom is -0.494 e. The van der Waals surface area contributed by atoms with Gasteiger partial charge in [-0.15, -0.1) is 0 Å². The van der Waals surface area contributed by atoms with Gasteiger partial charge < -0.3 is 20.5 Å². The summed E-state index contributed by atoms with van der Waals surface area (Å²) in [5.41, 5.74) is 0.961. The molecule has 0 bridgehead atoms. The van der Waals surface area contributed by atoms with Crippen LogP contribution in [0.4, 0.5) is 0 Å². The monoisotopic (exact) mass is 355 g/mol. The minimum atomic E-state index is -0.980. The zero-order valence-corrected chi connectivity index (χ0v) is 15.8. The van der Waals surface area contributed by atoms with Crippen LogP contribution in [-0.2, 0) is 12.1 Å². The maximum atomic E-state index is 10.7. The molecule has 0 aliphatic rings. The van der Waals surface area contributed by atoms with E-state index in [-0.39, 0.29) is 0 Å². The number of benzene rings is 2. The number of hydrogen-bond acceptors (Lipinski definition) is 3. The Hall–Kier alpha value is -2.53. The Bertz CT molecular complexity index is 699. The molecule has 0 aromatic heterocycles. The Balaban J connectivity index is 2.01. The molecule has 1 atom stereocenters. The number of aliphatic hydroxyl groups is 1. The van der Waals surface area contributed by atoms with Gasteiger partial charge in [-0.25, -0.2) is 4.99 Å². The Kier molecular flexibility index (Phi) is 7.48. The van der Waals surface area contributed by atoms with E-state index in [1.165, 1.54) is 0 Å². The quantitative estimate of drug-likeness (QED) is 0.503. The molecule has 140 valence electrons. The third-order valence-electron chi connectivity index (χ3n) is 3.97. The van der Waals surface area contributed by atoms with Gasteiger partial charge in [0.1, 0.15) is 11.4 Å². The topological polar surface area (TPSA) is 65.9 Å². The molecule has 26 heavy (non-hydrogen) atoms. The van der Waals surface area contributed by atoms with E-state index in [0.29, 0.717) is 25.7 Å². The van der Waals surface area contributed by atoms with Crippen molar-refractivity contribution in [2.24, 2.45) is 4.99 Å². The molecule has 0 radical (unpaired) electrons. The number of ether oxygens (including phenoxy) is 1. The van der Waals surface area contributed by atoms with Crippen molar-refractivity contribution in [2.75, 3.05) is 19.7 Å². The third-order valence-corrected chi connectivity index (χ3v) is 3.97. The largest absolute Gasteiger partial charge is 0.494 e. The maximum absolute atomic E-state index is 10.7. The van der Waals surface area contributed by atoms with Crippen LogP contribution < -0.4 is 15.4 Å². The van der Waals surface area contributed by atoms with Gasteiger partial charge in [-0.1, -0.05) is 42.5 Å². The van der Waals surface area contributed by atoms with Crippen molar-refractivity contribution in [3.63, 3.8) is 0 Å². The highest BCUT2D eigenvalue weighted by atomic mass is 16.5. The summed E-state index contributed by atoms with van der Waals surface area (Å²) in [6.07, 6.45) is 0. The van der Waals surface area contributed by atoms with Crippen LogP contribution >= 0.6 is 0 Å². The lowest BCUT2D eigenvalue weighted by Gasteiger charge is -2.25. The zero-order valence-electron chi connectivity index (χ0n) is 15.8. The molecular formula is C21H29N3O2. The fraction of sp³-hybridized carbons (Fsp3) is 0.381. The second-order valence-electron chi connectivity index (χ2n) is 6.27. The van der Waals surface area contributed by atoms with E-state index in [1.54, 1.807) is 6.92 Å². The molecule has 2 rings (SSSR count). The summed E-state index contributed by atoms with van der Waals surface area (Å²) in [7, 11) is 0. The molecule has 5 heteroatoms. The lowest BCUT2D eigenvalue weighted by molar-refractivity contribution is 0.0617. The van der Waals surface area contributed by atoms with Crippen molar-refractivity contribution in [1.29, 1.82) is 0 Å². The van der Waals surface area contributed by atoms with Crippen LogP contribution in [0, 0.1) is 0 Å². The van der Waals surface area contributed by atoms with Gasteiger partial charge in [-0.2, -0.15) is 0 Å². The number of aliphatic imine (C=N–C) groups is 1. The van der Waals surface area contributed by atoms with Crippen LogP contribution in [0.5, 0.6) is 5.75 Å². The standard InChI is InChI=1S/C21H29N3O2/c1-4-22-20(23-15-17-10-9-13-19(14-17)26-5-2)24-16-21(3,25)18-11-7-6-8-12-18/h6-14,25H,4-5,15-16H2,1-3H3,(H2,22,23,24). The van der Waals surface area contributed by atoms with Crippen LogP contribution in [0.15, 0.2) is 59.6 Å². The average molecular weight is 355 g/mol. The Labute approximate surface area is 156 Å². The molecule has 0 saturated carbocycles. The summed E-state index contributed by atoms with van der Waals surface area (Å²) in [6.45, 7) is 8.07. The number of guanidine groups is 1. The Morgan fingerprint density at radius 3 is 2.54 bits per heavy atom. The van der Waals surface area contributed by atoms with Gasteiger partial charge in [0, 0.05) is 6.54 Å². The first kappa shape index (κ1) is 19.8. The predicted molar refractivity (Wildman–Crippen MR) is 106 cm³/mol. The molecule has 0 aliphatic heterocycles. The van der Waals surface area contributed by atoms with Gasteiger partial charge in [-0.05, 0) is 44.0 Å². The molecule has 0 aliphatic carbocycles. The van der Waals surface area contributed by atoms with Crippen LogP contribution in [0.3, 0.4) is 0 Å². The first-order valence-corrected chi connectivity index (χ1v) is 9.07. The molecule has 3 N–H and O–H groups in total.